The van der Waals surface area contributed by atoms with Gasteiger partial charge in [0.2, 0.25) is 0 Å². The van der Waals surface area contributed by atoms with E-state index < -0.39 is 6.10 Å². The van der Waals surface area contributed by atoms with Crippen LogP contribution in [0.25, 0.3) is 0 Å². The summed E-state index contributed by atoms with van der Waals surface area (Å²) in [5.41, 5.74) is 0.971. The van der Waals surface area contributed by atoms with Crippen LogP contribution in [-0.2, 0) is 0 Å². The quantitative estimate of drug-likeness (QED) is 0.818. The Bertz CT molecular complexity index is 361. The minimum Gasteiger partial charge on any atom is -0.393 e. The molecule has 3 nitrogen and oxygen atoms in total. The van der Waals surface area contributed by atoms with Crippen LogP contribution >= 0.6 is 11.8 Å². The van der Waals surface area contributed by atoms with Crippen molar-refractivity contribution in [2.24, 2.45) is 0 Å². The molecule has 1 aliphatic rings. The minimum atomic E-state index is -0.434. The van der Waals surface area contributed by atoms with E-state index in [4.69, 9.17) is 0 Å². The van der Waals surface area contributed by atoms with Gasteiger partial charge in [0.15, 0.2) is 0 Å². The van der Waals surface area contributed by atoms with Gasteiger partial charge in [-0.2, -0.15) is 0 Å². The summed E-state index contributed by atoms with van der Waals surface area (Å²) < 4.78 is 0. The van der Waals surface area contributed by atoms with E-state index in [1.165, 1.54) is 4.90 Å². The second-order valence-electron chi connectivity index (χ2n) is 4.82. The number of thioether (sulfide) groups is 1. The molecule has 0 radical (unpaired) electrons. The number of β-amino-alcohol motifs (C(OH)–C–C–N with tert-alkyl or cyclic N) is 1. The van der Waals surface area contributed by atoms with E-state index in [1.807, 2.05) is 30.5 Å². The van der Waals surface area contributed by atoms with Gasteiger partial charge in [-0.05, 0) is 36.8 Å². The van der Waals surface area contributed by atoms with E-state index in [1.54, 1.807) is 11.8 Å². The summed E-state index contributed by atoms with van der Waals surface area (Å²) >= 11 is 1.71. The monoisotopic (exact) mass is 267 g/mol. The van der Waals surface area contributed by atoms with Crippen molar-refractivity contribution in [2.45, 2.75) is 29.9 Å². The summed E-state index contributed by atoms with van der Waals surface area (Å²) in [5, 5.41) is 19.6. The number of benzene rings is 1. The van der Waals surface area contributed by atoms with Gasteiger partial charge in [-0.3, -0.25) is 0 Å². The molecule has 2 rings (SSSR count). The van der Waals surface area contributed by atoms with Gasteiger partial charge in [0, 0.05) is 24.5 Å². The molecular formula is C14H21NO2S. The molecule has 1 saturated heterocycles. The maximum atomic E-state index is 10.2. The number of aliphatic hydroxyl groups excluding tert-OH is 2. The first-order chi connectivity index (χ1) is 8.69. The van der Waals surface area contributed by atoms with Gasteiger partial charge in [-0.15, -0.1) is 11.8 Å². The Morgan fingerprint density at radius 1 is 1.28 bits per heavy atom. The Morgan fingerprint density at radius 2 is 1.89 bits per heavy atom. The Morgan fingerprint density at radius 3 is 2.44 bits per heavy atom. The van der Waals surface area contributed by atoms with E-state index in [-0.39, 0.29) is 6.10 Å². The number of likely N-dealkylation sites (tertiary alicyclic amines) is 1. The lowest BCUT2D eigenvalue weighted by molar-refractivity contribution is 0.0508. The van der Waals surface area contributed by atoms with Crippen LogP contribution < -0.4 is 0 Å². The fourth-order valence-corrected chi connectivity index (χ4v) is 2.69. The van der Waals surface area contributed by atoms with E-state index in [2.05, 4.69) is 4.90 Å². The SMILES string of the molecule is CSc1ccc(C(O)CN2CCC(O)CC2)cc1. The van der Waals surface area contributed by atoms with Crippen LogP contribution in [0, 0.1) is 0 Å². The zero-order chi connectivity index (χ0) is 13.0. The molecule has 1 aliphatic heterocycles. The van der Waals surface area contributed by atoms with Gasteiger partial charge >= 0.3 is 0 Å². The van der Waals surface area contributed by atoms with Crippen molar-refractivity contribution in [3.8, 4) is 0 Å². The average Bonchev–Trinajstić information content (AvgIpc) is 2.41. The summed E-state index contributed by atoms with van der Waals surface area (Å²) in [4.78, 5) is 3.44. The lowest BCUT2D eigenvalue weighted by Gasteiger charge is -2.31. The van der Waals surface area contributed by atoms with Gasteiger partial charge in [-0.25, -0.2) is 0 Å². The summed E-state index contributed by atoms with van der Waals surface area (Å²) in [6.45, 7) is 2.41. The number of rotatable bonds is 4. The second kappa shape index (κ2) is 6.57. The van der Waals surface area contributed by atoms with Crippen LogP contribution in [0.5, 0.6) is 0 Å². The number of hydrogen-bond acceptors (Lipinski definition) is 4. The van der Waals surface area contributed by atoms with Gasteiger partial charge in [0.05, 0.1) is 12.2 Å². The predicted molar refractivity (Wildman–Crippen MR) is 74.9 cm³/mol. The Hall–Kier alpha value is -0.550. The first-order valence-corrected chi connectivity index (χ1v) is 7.64. The third-order valence-corrected chi connectivity index (χ3v) is 4.23. The standard InChI is InChI=1S/C14H21NO2S/c1-18-13-4-2-11(3-5-13)14(17)10-15-8-6-12(16)7-9-15/h2-5,12,14,16-17H,6-10H2,1H3. The highest BCUT2D eigenvalue weighted by atomic mass is 32.2. The van der Waals surface area contributed by atoms with Crippen molar-refractivity contribution in [1.29, 1.82) is 0 Å². The van der Waals surface area contributed by atoms with Gasteiger partial charge in [0.1, 0.15) is 0 Å². The molecule has 0 saturated carbocycles. The van der Waals surface area contributed by atoms with Crippen LogP contribution in [0.3, 0.4) is 0 Å². The average molecular weight is 267 g/mol. The van der Waals surface area contributed by atoms with Crippen molar-refractivity contribution in [3.63, 3.8) is 0 Å². The van der Waals surface area contributed by atoms with Crippen molar-refractivity contribution < 1.29 is 10.2 Å². The van der Waals surface area contributed by atoms with Crippen molar-refractivity contribution in [1.82, 2.24) is 4.90 Å². The molecule has 1 aromatic rings. The molecule has 2 N–H and O–H groups in total. The maximum absolute atomic E-state index is 10.2. The van der Waals surface area contributed by atoms with Crippen molar-refractivity contribution >= 4 is 11.8 Å². The van der Waals surface area contributed by atoms with Gasteiger partial charge < -0.3 is 15.1 Å². The minimum absolute atomic E-state index is 0.153. The maximum Gasteiger partial charge on any atom is 0.0916 e. The highest BCUT2D eigenvalue weighted by molar-refractivity contribution is 7.98. The Kier molecular flexibility index (Phi) is 5.06. The van der Waals surface area contributed by atoms with E-state index in [0.29, 0.717) is 6.54 Å². The molecule has 0 aliphatic carbocycles. The van der Waals surface area contributed by atoms with Crippen LogP contribution in [0.2, 0.25) is 0 Å². The van der Waals surface area contributed by atoms with E-state index in [0.717, 1.165) is 31.5 Å². The summed E-state index contributed by atoms with van der Waals surface area (Å²) in [5.74, 6) is 0. The number of hydrogen-bond donors (Lipinski definition) is 2. The highest BCUT2D eigenvalue weighted by Gasteiger charge is 2.19. The summed E-state index contributed by atoms with van der Waals surface area (Å²) in [6.07, 6.45) is 3.09. The number of piperidine rings is 1. The Balaban J connectivity index is 1.88. The van der Waals surface area contributed by atoms with Crippen LogP contribution in [-0.4, -0.2) is 47.1 Å². The molecule has 1 heterocycles. The second-order valence-corrected chi connectivity index (χ2v) is 5.70. The molecule has 18 heavy (non-hydrogen) atoms. The molecule has 1 unspecified atom stereocenters. The smallest absolute Gasteiger partial charge is 0.0916 e. The van der Waals surface area contributed by atoms with Gasteiger partial charge in [-0.1, -0.05) is 12.1 Å². The fraction of sp³-hybridized carbons (Fsp3) is 0.571. The molecule has 100 valence electrons. The zero-order valence-electron chi connectivity index (χ0n) is 10.7. The third-order valence-electron chi connectivity index (χ3n) is 3.49. The molecule has 0 bridgehead atoms. The first kappa shape index (κ1) is 13.9. The Labute approximate surface area is 113 Å². The largest absolute Gasteiger partial charge is 0.393 e. The number of nitrogens with zero attached hydrogens (tertiary/aromatic N) is 1. The molecule has 1 fully saturated rings. The molecule has 1 atom stereocenters. The van der Waals surface area contributed by atoms with Crippen LogP contribution in [0.1, 0.15) is 24.5 Å². The molecule has 0 spiro atoms. The van der Waals surface area contributed by atoms with E-state index >= 15 is 0 Å². The summed E-state index contributed by atoms with van der Waals surface area (Å²) in [7, 11) is 0. The van der Waals surface area contributed by atoms with Crippen LogP contribution in [0.4, 0.5) is 0 Å². The highest BCUT2D eigenvalue weighted by Crippen LogP contribution is 2.21. The lowest BCUT2D eigenvalue weighted by Crippen LogP contribution is -2.38. The molecule has 1 aromatic carbocycles. The van der Waals surface area contributed by atoms with Crippen molar-refractivity contribution in [2.75, 3.05) is 25.9 Å². The zero-order valence-corrected chi connectivity index (χ0v) is 11.6. The summed E-state index contributed by atoms with van der Waals surface area (Å²) in [6, 6.07) is 8.08. The van der Waals surface area contributed by atoms with Crippen LogP contribution in [0.15, 0.2) is 29.2 Å². The number of aliphatic hydroxyl groups is 2. The normalized spacial score (nSPS) is 19.9. The molecule has 4 heteroatoms. The lowest BCUT2D eigenvalue weighted by atomic mass is 10.1. The predicted octanol–water partition coefficient (Wildman–Crippen LogP) is 1.90. The molecular weight excluding hydrogens is 246 g/mol. The molecule has 0 amide bonds. The fourth-order valence-electron chi connectivity index (χ4n) is 2.28. The first-order valence-electron chi connectivity index (χ1n) is 6.41. The van der Waals surface area contributed by atoms with E-state index in [9.17, 15) is 10.2 Å². The van der Waals surface area contributed by atoms with Crippen molar-refractivity contribution in [3.05, 3.63) is 29.8 Å². The third kappa shape index (κ3) is 3.72. The van der Waals surface area contributed by atoms with Gasteiger partial charge in [0.25, 0.3) is 0 Å². The topological polar surface area (TPSA) is 43.7 Å². The molecule has 0 aromatic heterocycles.